The van der Waals surface area contributed by atoms with Gasteiger partial charge in [0.15, 0.2) is 5.82 Å². The number of carbonyl (C=O) groups is 1. The topological polar surface area (TPSA) is 144 Å². The van der Waals surface area contributed by atoms with Gasteiger partial charge in [-0.3, -0.25) is 10.1 Å². The van der Waals surface area contributed by atoms with Crippen LogP contribution in [0.4, 0.5) is 17.5 Å². The lowest BCUT2D eigenvalue weighted by Crippen LogP contribution is -2.27. The molecule has 1 fully saturated rings. The molecule has 1 aromatic heterocycles. The molecular formula is C31H61N6O4P. The molecule has 1 aliphatic heterocycles. The lowest BCUT2D eigenvalue weighted by Gasteiger charge is -2.20. The third-order valence-corrected chi connectivity index (χ3v) is 8.26. The van der Waals surface area contributed by atoms with E-state index in [9.17, 15) is 4.79 Å². The summed E-state index contributed by atoms with van der Waals surface area (Å²) in [6, 6.07) is -0.0652. The van der Waals surface area contributed by atoms with E-state index in [-0.39, 0.29) is 18.1 Å². The van der Waals surface area contributed by atoms with Gasteiger partial charge in [0.2, 0.25) is 5.95 Å². The van der Waals surface area contributed by atoms with Gasteiger partial charge in [-0.1, -0.05) is 79.1 Å². The molecule has 2 rings (SSSR count). The number of aryl methyl sites for hydroxylation is 1. The maximum Gasteiger partial charge on any atom is 0.222 e. The van der Waals surface area contributed by atoms with Crippen LogP contribution >= 0.6 is 8.30 Å². The molecular weight excluding hydrogens is 551 g/mol. The van der Waals surface area contributed by atoms with Crippen molar-refractivity contribution < 1.29 is 19.2 Å². The minimum absolute atomic E-state index is 0.0652. The highest BCUT2D eigenvalue weighted by Crippen LogP contribution is 2.30. The number of aromatic nitrogens is 2. The van der Waals surface area contributed by atoms with Crippen molar-refractivity contribution in [2.75, 3.05) is 45.1 Å². The number of aliphatic hydroxyl groups excluding tert-OH is 1. The van der Waals surface area contributed by atoms with Crippen LogP contribution in [0.5, 0.6) is 0 Å². The summed E-state index contributed by atoms with van der Waals surface area (Å²) in [5.74, 6) is 2.02. The first-order valence-corrected chi connectivity index (χ1v) is 17.4. The van der Waals surface area contributed by atoms with Crippen LogP contribution in [0.2, 0.25) is 0 Å². The first-order chi connectivity index (χ1) is 20.2. The van der Waals surface area contributed by atoms with E-state index in [1.807, 2.05) is 19.8 Å². The van der Waals surface area contributed by atoms with Crippen molar-refractivity contribution in [3.05, 3.63) is 5.69 Å². The Balaban J connectivity index is 0.000000809. The molecule has 11 heteroatoms. The summed E-state index contributed by atoms with van der Waals surface area (Å²) in [6.45, 7) is 14.1. The second kappa shape index (κ2) is 25.8. The summed E-state index contributed by atoms with van der Waals surface area (Å²) < 4.78 is 11.5. The maximum atomic E-state index is 11.2. The quantitative estimate of drug-likeness (QED) is 0.0572. The zero-order valence-corrected chi connectivity index (χ0v) is 28.6. The summed E-state index contributed by atoms with van der Waals surface area (Å²) in [4.78, 5) is 23.9. The van der Waals surface area contributed by atoms with Gasteiger partial charge in [-0.15, -0.1) is 0 Å². The molecule has 1 aromatic rings. The van der Waals surface area contributed by atoms with Crippen molar-refractivity contribution in [2.45, 2.75) is 117 Å². The summed E-state index contributed by atoms with van der Waals surface area (Å²) >= 11 is 0. The molecule has 5 N–H and O–H groups in total. The number of aliphatic imine (C=N–C) groups is 1. The number of nitrogen functional groups attached to an aromatic ring is 1. The molecule has 0 amide bonds. The fourth-order valence-corrected chi connectivity index (χ4v) is 5.47. The van der Waals surface area contributed by atoms with Gasteiger partial charge in [0.05, 0.1) is 32.7 Å². The Morgan fingerprint density at radius 3 is 2.36 bits per heavy atom. The molecule has 1 aliphatic rings. The second-order valence-electron chi connectivity index (χ2n) is 11.0. The molecule has 5 unspecified atom stereocenters. The standard InChI is InChI=1S/C19H38NO3P.C11H19N5.CH4O/c1-4-5-6-7-8-9-10-11-12-18(14-21)20-24(3)23-16-19-13-17(2)15-22-19;1-5-7(2)6-14-9-8(3)15-11(12)16-10(9)13-4;1-2/h14,17-20H,4-13,15-16H2,1-3H3;6-7H,5H2,1-4H3,(H3,12,13,15,16);2H,1H3. The van der Waals surface area contributed by atoms with E-state index in [0.717, 1.165) is 57.1 Å². The van der Waals surface area contributed by atoms with Crippen LogP contribution in [-0.2, 0) is 14.1 Å². The van der Waals surface area contributed by atoms with Crippen molar-refractivity contribution in [1.82, 2.24) is 15.1 Å². The Hall–Kier alpha value is -1.71. The third-order valence-electron chi connectivity index (χ3n) is 7.03. The third kappa shape index (κ3) is 18.7. The van der Waals surface area contributed by atoms with E-state index in [4.69, 9.17) is 20.1 Å². The molecule has 0 aromatic carbocycles. The molecule has 42 heavy (non-hydrogen) atoms. The van der Waals surface area contributed by atoms with E-state index in [0.29, 0.717) is 24.3 Å². The molecule has 0 bridgehead atoms. The molecule has 244 valence electrons. The minimum Gasteiger partial charge on any atom is -0.400 e. The van der Waals surface area contributed by atoms with E-state index in [2.05, 4.69) is 53.1 Å². The summed E-state index contributed by atoms with van der Waals surface area (Å²) in [6.07, 6.45) is 16.6. The molecule has 2 heterocycles. The van der Waals surface area contributed by atoms with E-state index >= 15 is 0 Å². The smallest absolute Gasteiger partial charge is 0.222 e. The molecule has 10 nitrogen and oxygen atoms in total. The fourth-order valence-electron chi connectivity index (χ4n) is 4.35. The SMILES string of the molecule is CCC(C)C=Nc1c(C)nc(N)nc1NC.CCCCCCCCCCC(C=O)NP(C)OCC1CC(C)CO1.CO. The molecule has 0 saturated carbocycles. The highest BCUT2D eigenvalue weighted by Gasteiger charge is 2.23. The number of ether oxygens (including phenoxy) is 1. The highest BCUT2D eigenvalue weighted by atomic mass is 31.2. The van der Waals surface area contributed by atoms with Crippen molar-refractivity contribution in [3.63, 3.8) is 0 Å². The Bertz CT molecular complexity index is 848. The lowest BCUT2D eigenvalue weighted by molar-refractivity contribution is -0.109. The average molecular weight is 613 g/mol. The van der Waals surface area contributed by atoms with Crippen molar-refractivity contribution in [1.29, 1.82) is 0 Å². The van der Waals surface area contributed by atoms with Crippen LogP contribution in [-0.4, -0.2) is 73.8 Å². The van der Waals surface area contributed by atoms with E-state index < -0.39 is 8.30 Å². The van der Waals surface area contributed by atoms with Crippen molar-refractivity contribution >= 4 is 38.3 Å². The van der Waals surface area contributed by atoms with Gasteiger partial charge in [0.25, 0.3) is 0 Å². The van der Waals surface area contributed by atoms with Crippen LogP contribution in [0.25, 0.3) is 0 Å². The lowest BCUT2D eigenvalue weighted by atomic mass is 10.1. The van der Waals surface area contributed by atoms with Crippen LogP contribution < -0.4 is 16.1 Å². The van der Waals surface area contributed by atoms with E-state index in [1.54, 1.807) is 7.05 Å². The van der Waals surface area contributed by atoms with Crippen LogP contribution in [0.3, 0.4) is 0 Å². The number of aliphatic hydroxyl groups is 1. The molecule has 0 aliphatic carbocycles. The maximum absolute atomic E-state index is 11.2. The Morgan fingerprint density at radius 2 is 1.81 bits per heavy atom. The summed E-state index contributed by atoms with van der Waals surface area (Å²) in [5.41, 5.74) is 7.12. The number of hydrogen-bond donors (Lipinski definition) is 4. The largest absolute Gasteiger partial charge is 0.400 e. The van der Waals surface area contributed by atoms with Gasteiger partial charge in [0, 0.05) is 27.0 Å². The van der Waals surface area contributed by atoms with Crippen molar-refractivity contribution in [3.8, 4) is 0 Å². The fraction of sp³-hybridized carbons (Fsp3) is 0.806. The van der Waals surface area contributed by atoms with Crippen LogP contribution in [0.15, 0.2) is 4.99 Å². The summed E-state index contributed by atoms with van der Waals surface area (Å²) in [7, 11) is 2.04. The van der Waals surface area contributed by atoms with Crippen molar-refractivity contribution in [2.24, 2.45) is 16.8 Å². The monoisotopic (exact) mass is 612 g/mol. The molecule has 5 atom stereocenters. The number of unbranched alkanes of at least 4 members (excludes halogenated alkanes) is 7. The van der Waals surface area contributed by atoms with Gasteiger partial charge < -0.3 is 30.2 Å². The van der Waals surface area contributed by atoms with Gasteiger partial charge in [-0.05, 0) is 44.7 Å². The number of anilines is 2. The normalized spacial score (nSPS) is 18.4. The number of aldehydes is 1. The van der Waals surface area contributed by atoms with E-state index in [1.165, 1.54) is 44.9 Å². The van der Waals surface area contributed by atoms with Gasteiger partial charge in [0.1, 0.15) is 12.0 Å². The van der Waals surface area contributed by atoms with Gasteiger partial charge >= 0.3 is 0 Å². The second-order valence-corrected chi connectivity index (χ2v) is 12.5. The molecule has 0 spiro atoms. The number of hydrogen-bond acceptors (Lipinski definition) is 10. The predicted octanol–water partition coefficient (Wildman–Crippen LogP) is 6.82. The first-order valence-electron chi connectivity index (χ1n) is 15.7. The zero-order chi connectivity index (χ0) is 31.8. The Morgan fingerprint density at radius 1 is 1.17 bits per heavy atom. The highest BCUT2D eigenvalue weighted by molar-refractivity contribution is 7.49. The Labute approximate surface area is 257 Å². The number of nitrogens with two attached hydrogens (primary N) is 1. The first kappa shape index (κ1) is 40.3. The number of nitrogens with zero attached hydrogens (tertiary/aromatic N) is 3. The molecule has 0 radical (unpaired) electrons. The Kier molecular flexibility index (Phi) is 24.7. The minimum atomic E-state index is -0.752. The average Bonchev–Trinajstić information content (AvgIpc) is 3.41. The number of carbonyl (C=O) groups excluding carboxylic acids is 1. The van der Waals surface area contributed by atoms with Gasteiger partial charge in [-0.2, -0.15) is 4.98 Å². The van der Waals surface area contributed by atoms with Crippen LogP contribution in [0, 0.1) is 18.8 Å². The number of nitrogens with one attached hydrogen (secondary N) is 2. The summed E-state index contributed by atoms with van der Waals surface area (Å²) in [5, 5.41) is 13.3. The van der Waals surface area contributed by atoms with Crippen LogP contribution in [0.1, 0.15) is 104 Å². The number of rotatable bonds is 19. The zero-order valence-electron chi connectivity index (χ0n) is 27.7. The predicted molar refractivity (Wildman–Crippen MR) is 179 cm³/mol. The van der Waals surface area contributed by atoms with Gasteiger partial charge in [-0.25, -0.2) is 4.98 Å². The molecule has 1 saturated heterocycles.